The number of anilines is 1. The van der Waals surface area contributed by atoms with Gasteiger partial charge < -0.3 is 20.3 Å². The molecule has 6 heteroatoms. The lowest BCUT2D eigenvalue weighted by atomic mass is 10.0. The molecule has 0 spiro atoms. The summed E-state index contributed by atoms with van der Waals surface area (Å²) in [5, 5.41) is 5.89. The molecule has 0 unspecified atom stereocenters. The highest BCUT2D eigenvalue weighted by molar-refractivity contribution is 5.96. The fourth-order valence-electron chi connectivity index (χ4n) is 3.43. The number of methoxy groups -OCH3 is 1. The number of nitrogens with zero attached hydrogens (tertiary/aromatic N) is 1. The first-order valence-corrected chi connectivity index (χ1v) is 9.56. The third-order valence-electron chi connectivity index (χ3n) is 4.99. The Balaban J connectivity index is 1.64. The molecule has 1 fully saturated rings. The Labute approximate surface area is 165 Å². The molecule has 0 saturated carbocycles. The van der Waals surface area contributed by atoms with Crippen LogP contribution in [0.15, 0.2) is 36.4 Å². The predicted molar refractivity (Wildman–Crippen MR) is 110 cm³/mol. The van der Waals surface area contributed by atoms with Gasteiger partial charge in [0.05, 0.1) is 7.11 Å². The van der Waals surface area contributed by atoms with Crippen molar-refractivity contribution >= 4 is 17.6 Å². The number of amides is 3. The van der Waals surface area contributed by atoms with Crippen LogP contribution >= 0.6 is 0 Å². The smallest absolute Gasteiger partial charge is 0.321 e. The van der Waals surface area contributed by atoms with Gasteiger partial charge in [0.25, 0.3) is 5.91 Å². The normalized spacial score (nSPS) is 13.3. The highest BCUT2D eigenvalue weighted by Crippen LogP contribution is 2.23. The Morgan fingerprint density at radius 3 is 2.57 bits per heavy atom. The summed E-state index contributed by atoms with van der Waals surface area (Å²) in [6, 6.07) is 11.3. The molecule has 28 heavy (non-hydrogen) atoms. The van der Waals surface area contributed by atoms with Gasteiger partial charge in [-0.2, -0.15) is 0 Å². The number of rotatable bonds is 5. The molecule has 1 heterocycles. The monoisotopic (exact) mass is 381 g/mol. The molecule has 0 atom stereocenters. The number of ether oxygens (including phenoxy) is 1. The molecular weight excluding hydrogens is 354 g/mol. The van der Waals surface area contributed by atoms with Gasteiger partial charge in [-0.15, -0.1) is 0 Å². The Morgan fingerprint density at radius 2 is 1.86 bits per heavy atom. The fraction of sp³-hybridized carbons (Fsp3) is 0.364. The number of carbonyl (C=O) groups is 2. The van der Waals surface area contributed by atoms with Gasteiger partial charge in [0.2, 0.25) is 0 Å². The maximum Gasteiger partial charge on any atom is 0.321 e. The van der Waals surface area contributed by atoms with E-state index in [1.165, 1.54) is 0 Å². The highest BCUT2D eigenvalue weighted by atomic mass is 16.5. The minimum Gasteiger partial charge on any atom is -0.496 e. The summed E-state index contributed by atoms with van der Waals surface area (Å²) in [5.74, 6) is 0.558. The van der Waals surface area contributed by atoms with E-state index in [-0.39, 0.29) is 11.9 Å². The zero-order valence-electron chi connectivity index (χ0n) is 16.7. The second-order valence-electron chi connectivity index (χ2n) is 7.15. The van der Waals surface area contributed by atoms with Gasteiger partial charge in [-0.25, -0.2) is 4.79 Å². The van der Waals surface area contributed by atoms with Crippen molar-refractivity contribution in [3.05, 3.63) is 58.7 Å². The summed E-state index contributed by atoms with van der Waals surface area (Å²) in [6.45, 7) is 5.80. The maximum absolute atomic E-state index is 12.7. The first-order valence-electron chi connectivity index (χ1n) is 9.56. The lowest BCUT2D eigenvalue weighted by molar-refractivity contribution is 0.0949. The zero-order valence-corrected chi connectivity index (χ0v) is 16.7. The van der Waals surface area contributed by atoms with E-state index in [0.717, 1.165) is 48.3 Å². The van der Waals surface area contributed by atoms with Crippen LogP contribution in [0.4, 0.5) is 10.5 Å². The van der Waals surface area contributed by atoms with Gasteiger partial charge in [-0.3, -0.25) is 4.79 Å². The number of hydrogen-bond donors (Lipinski definition) is 2. The van der Waals surface area contributed by atoms with Crippen LogP contribution in [-0.2, 0) is 6.54 Å². The number of carbonyl (C=O) groups excluding carboxylic acids is 2. The topological polar surface area (TPSA) is 70.7 Å². The summed E-state index contributed by atoms with van der Waals surface area (Å²) < 4.78 is 5.35. The summed E-state index contributed by atoms with van der Waals surface area (Å²) in [5.41, 5.74) is 4.05. The van der Waals surface area contributed by atoms with Crippen molar-refractivity contribution in [1.82, 2.24) is 10.2 Å². The van der Waals surface area contributed by atoms with Crippen LogP contribution in [0.2, 0.25) is 0 Å². The van der Waals surface area contributed by atoms with Crippen LogP contribution in [-0.4, -0.2) is 37.0 Å². The molecular formula is C22H27N3O3. The van der Waals surface area contributed by atoms with E-state index < -0.39 is 0 Å². The first kappa shape index (κ1) is 19.7. The molecule has 2 aromatic carbocycles. The van der Waals surface area contributed by atoms with Crippen LogP contribution in [0.25, 0.3) is 0 Å². The molecule has 3 rings (SSSR count). The van der Waals surface area contributed by atoms with Gasteiger partial charge in [0.1, 0.15) is 5.75 Å². The second kappa shape index (κ2) is 8.78. The SMILES string of the molecule is COc1cc(C)cc(C(=O)NCc2cccc(NC(=O)N3CCCC3)c2)c1C. The minimum absolute atomic E-state index is 0.0684. The van der Waals surface area contributed by atoms with Crippen LogP contribution in [0.1, 0.15) is 39.9 Å². The minimum atomic E-state index is -0.147. The average molecular weight is 381 g/mol. The van der Waals surface area contributed by atoms with E-state index in [1.807, 2.05) is 55.1 Å². The Bertz CT molecular complexity index is 873. The first-order chi connectivity index (χ1) is 13.5. The quantitative estimate of drug-likeness (QED) is 0.826. The summed E-state index contributed by atoms with van der Waals surface area (Å²) in [4.78, 5) is 26.7. The Hall–Kier alpha value is -3.02. The molecule has 6 nitrogen and oxygen atoms in total. The van der Waals surface area contributed by atoms with E-state index >= 15 is 0 Å². The average Bonchev–Trinajstić information content (AvgIpc) is 3.23. The maximum atomic E-state index is 12.7. The van der Waals surface area contributed by atoms with E-state index in [1.54, 1.807) is 7.11 Å². The number of likely N-dealkylation sites (tertiary alicyclic amines) is 1. The predicted octanol–water partition coefficient (Wildman–Crippen LogP) is 3.87. The molecule has 1 aliphatic heterocycles. The van der Waals surface area contributed by atoms with Gasteiger partial charge in [0, 0.05) is 36.4 Å². The summed E-state index contributed by atoms with van der Waals surface area (Å²) in [6.07, 6.45) is 2.12. The third-order valence-corrected chi connectivity index (χ3v) is 4.99. The van der Waals surface area contributed by atoms with E-state index in [0.29, 0.717) is 17.9 Å². The number of aryl methyl sites for hydroxylation is 1. The summed E-state index contributed by atoms with van der Waals surface area (Å²) in [7, 11) is 1.60. The number of hydrogen-bond acceptors (Lipinski definition) is 3. The number of benzene rings is 2. The largest absolute Gasteiger partial charge is 0.496 e. The van der Waals surface area contributed by atoms with Crippen LogP contribution < -0.4 is 15.4 Å². The Kier molecular flexibility index (Phi) is 6.19. The van der Waals surface area contributed by atoms with Crippen LogP contribution in [0.5, 0.6) is 5.75 Å². The van der Waals surface area contributed by atoms with E-state index in [2.05, 4.69) is 10.6 Å². The lowest BCUT2D eigenvalue weighted by Crippen LogP contribution is -2.32. The van der Waals surface area contributed by atoms with Crippen molar-refractivity contribution in [2.75, 3.05) is 25.5 Å². The van der Waals surface area contributed by atoms with Gasteiger partial charge in [-0.05, 0) is 62.1 Å². The number of urea groups is 1. The molecule has 1 aliphatic rings. The van der Waals surface area contributed by atoms with Gasteiger partial charge in [-0.1, -0.05) is 12.1 Å². The van der Waals surface area contributed by atoms with Crippen molar-refractivity contribution < 1.29 is 14.3 Å². The van der Waals surface area contributed by atoms with E-state index in [4.69, 9.17) is 4.74 Å². The fourth-order valence-corrected chi connectivity index (χ4v) is 3.43. The molecule has 1 saturated heterocycles. The number of nitrogens with one attached hydrogen (secondary N) is 2. The van der Waals surface area contributed by atoms with Crippen molar-refractivity contribution in [1.29, 1.82) is 0 Å². The van der Waals surface area contributed by atoms with Crippen LogP contribution in [0, 0.1) is 13.8 Å². The molecule has 0 aromatic heterocycles. The molecule has 0 radical (unpaired) electrons. The Morgan fingerprint density at radius 1 is 1.11 bits per heavy atom. The molecule has 148 valence electrons. The molecule has 0 bridgehead atoms. The molecule has 2 N–H and O–H groups in total. The highest BCUT2D eigenvalue weighted by Gasteiger charge is 2.18. The molecule has 2 aromatic rings. The lowest BCUT2D eigenvalue weighted by Gasteiger charge is -2.16. The van der Waals surface area contributed by atoms with Crippen LogP contribution in [0.3, 0.4) is 0 Å². The standard InChI is InChI=1S/C22H27N3O3/c1-15-11-19(16(2)20(12-15)28-3)21(26)23-14-17-7-6-8-18(13-17)24-22(27)25-9-4-5-10-25/h6-8,11-13H,4-5,9-10,14H2,1-3H3,(H,23,26)(H,24,27). The van der Waals surface area contributed by atoms with Gasteiger partial charge >= 0.3 is 6.03 Å². The molecule has 3 amide bonds. The van der Waals surface area contributed by atoms with Gasteiger partial charge in [0.15, 0.2) is 0 Å². The zero-order chi connectivity index (χ0) is 20.1. The third kappa shape index (κ3) is 4.63. The second-order valence-corrected chi connectivity index (χ2v) is 7.15. The van der Waals surface area contributed by atoms with E-state index in [9.17, 15) is 9.59 Å². The molecule has 0 aliphatic carbocycles. The van der Waals surface area contributed by atoms with Crippen molar-refractivity contribution in [2.24, 2.45) is 0 Å². The van der Waals surface area contributed by atoms with Crippen molar-refractivity contribution in [2.45, 2.75) is 33.2 Å². The van der Waals surface area contributed by atoms with Crippen molar-refractivity contribution in [3.63, 3.8) is 0 Å². The van der Waals surface area contributed by atoms with Crippen molar-refractivity contribution in [3.8, 4) is 5.75 Å². The summed E-state index contributed by atoms with van der Waals surface area (Å²) >= 11 is 0.